The van der Waals surface area contributed by atoms with E-state index in [0.29, 0.717) is 11.1 Å². The lowest BCUT2D eigenvalue weighted by Gasteiger charge is -2.05. The Kier molecular flexibility index (Phi) is 2.66. The number of carboxylic acid groups (broad SMARTS) is 1. The number of aromatic nitrogens is 1. The third kappa shape index (κ3) is 2.17. The summed E-state index contributed by atoms with van der Waals surface area (Å²) in [4.78, 5) is 14.7. The van der Waals surface area contributed by atoms with Gasteiger partial charge in [0.25, 0.3) is 0 Å². The first-order valence-electron chi connectivity index (χ1n) is 4.86. The molecule has 2 aromatic rings. The molecule has 0 aliphatic carbocycles. The molecular weight excluding hydrogens is 220 g/mol. The first-order chi connectivity index (χ1) is 8.08. The van der Waals surface area contributed by atoms with Crippen LogP contribution in [0, 0.1) is 0 Å². The molecule has 0 atom stereocenters. The van der Waals surface area contributed by atoms with Crippen LogP contribution < -0.4 is 5.73 Å². The van der Waals surface area contributed by atoms with E-state index in [1.165, 1.54) is 24.4 Å². The van der Waals surface area contributed by atoms with Crippen molar-refractivity contribution in [3.8, 4) is 16.9 Å². The second-order valence-corrected chi connectivity index (χ2v) is 3.51. The average molecular weight is 230 g/mol. The van der Waals surface area contributed by atoms with Crippen LogP contribution in [0.15, 0.2) is 36.5 Å². The minimum absolute atomic E-state index is 0.0265. The topological polar surface area (TPSA) is 96.4 Å². The summed E-state index contributed by atoms with van der Waals surface area (Å²) in [5, 5.41) is 18.3. The molecule has 0 spiro atoms. The molecule has 5 nitrogen and oxygen atoms in total. The van der Waals surface area contributed by atoms with E-state index >= 15 is 0 Å². The summed E-state index contributed by atoms with van der Waals surface area (Å²) < 4.78 is 0. The van der Waals surface area contributed by atoms with Crippen molar-refractivity contribution >= 4 is 11.8 Å². The van der Waals surface area contributed by atoms with E-state index in [1.807, 2.05) is 0 Å². The van der Waals surface area contributed by atoms with E-state index in [4.69, 9.17) is 10.8 Å². The van der Waals surface area contributed by atoms with Crippen LogP contribution in [0.4, 0.5) is 5.82 Å². The number of nitrogen functional groups attached to an aromatic ring is 1. The lowest BCUT2D eigenvalue weighted by molar-refractivity contribution is 0.0697. The lowest BCUT2D eigenvalue weighted by atomic mass is 10.1. The first-order valence-corrected chi connectivity index (χ1v) is 4.86. The number of hydrogen-bond donors (Lipinski definition) is 3. The molecule has 0 bridgehead atoms. The summed E-state index contributed by atoms with van der Waals surface area (Å²) in [6, 6.07) is 7.91. The number of anilines is 1. The smallest absolute Gasteiger partial charge is 0.339 e. The number of nitrogens with two attached hydrogens (primary N) is 1. The lowest BCUT2D eigenvalue weighted by Crippen LogP contribution is -2.04. The zero-order valence-electron chi connectivity index (χ0n) is 8.79. The van der Waals surface area contributed by atoms with Gasteiger partial charge in [0.05, 0.1) is 0 Å². The number of aromatic carboxylic acids is 1. The number of benzene rings is 1. The number of nitrogens with zero attached hydrogens (tertiary/aromatic N) is 1. The van der Waals surface area contributed by atoms with Gasteiger partial charge in [0.15, 0.2) is 0 Å². The molecule has 4 N–H and O–H groups in total. The standard InChI is InChI=1S/C12H10N2O3/c13-11-10(12(16)17)5-8(6-14-11)7-2-1-3-9(15)4-7/h1-6,15H,(H2,13,14)(H,16,17). The number of rotatable bonds is 2. The molecule has 0 aliphatic rings. The monoisotopic (exact) mass is 230 g/mol. The number of aromatic hydroxyl groups is 1. The maximum atomic E-state index is 10.9. The summed E-state index contributed by atoms with van der Waals surface area (Å²) >= 11 is 0. The second kappa shape index (κ2) is 4.13. The Morgan fingerprint density at radius 3 is 2.65 bits per heavy atom. The van der Waals surface area contributed by atoms with Crippen LogP contribution >= 0.6 is 0 Å². The van der Waals surface area contributed by atoms with E-state index in [2.05, 4.69) is 4.98 Å². The van der Waals surface area contributed by atoms with Crippen LogP contribution in [-0.4, -0.2) is 21.2 Å². The van der Waals surface area contributed by atoms with Crippen molar-refractivity contribution in [1.29, 1.82) is 0 Å². The Balaban J connectivity index is 2.54. The van der Waals surface area contributed by atoms with Gasteiger partial charge in [-0.2, -0.15) is 0 Å². The van der Waals surface area contributed by atoms with Crippen molar-refractivity contribution in [3.63, 3.8) is 0 Å². The molecule has 5 heteroatoms. The Morgan fingerprint density at radius 1 is 1.24 bits per heavy atom. The molecule has 1 heterocycles. The van der Waals surface area contributed by atoms with Crippen molar-refractivity contribution in [3.05, 3.63) is 42.1 Å². The molecule has 0 fully saturated rings. The van der Waals surface area contributed by atoms with E-state index in [-0.39, 0.29) is 17.1 Å². The zero-order chi connectivity index (χ0) is 12.4. The van der Waals surface area contributed by atoms with Crippen molar-refractivity contribution < 1.29 is 15.0 Å². The zero-order valence-corrected chi connectivity index (χ0v) is 8.79. The van der Waals surface area contributed by atoms with Gasteiger partial charge in [-0.25, -0.2) is 9.78 Å². The SMILES string of the molecule is Nc1ncc(-c2cccc(O)c2)cc1C(=O)O. The molecular formula is C12H10N2O3. The highest BCUT2D eigenvalue weighted by Crippen LogP contribution is 2.24. The maximum Gasteiger partial charge on any atom is 0.339 e. The fourth-order valence-electron chi connectivity index (χ4n) is 1.49. The van der Waals surface area contributed by atoms with E-state index in [9.17, 15) is 9.90 Å². The van der Waals surface area contributed by atoms with Gasteiger partial charge in [-0.05, 0) is 23.8 Å². The van der Waals surface area contributed by atoms with Crippen molar-refractivity contribution in [1.82, 2.24) is 4.98 Å². The molecule has 2 rings (SSSR count). The average Bonchev–Trinajstić information content (AvgIpc) is 2.29. The predicted octanol–water partition coefficient (Wildman–Crippen LogP) is 1.73. The summed E-state index contributed by atoms with van der Waals surface area (Å²) in [6.07, 6.45) is 1.47. The number of pyridine rings is 1. The summed E-state index contributed by atoms with van der Waals surface area (Å²) in [5.41, 5.74) is 6.68. The van der Waals surface area contributed by atoms with E-state index in [0.717, 1.165) is 0 Å². The molecule has 0 aliphatic heterocycles. The third-order valence-corrected chi connectivity index (χ3v) is 2.33. The number of carbonyl (C=O) groups is 1. The van der Waals surface area contributed by atoms with Crippen molar-refractivity contribution in [2.45, 2.75) is 0 Å². The van der Waals surface area contributed by atoms with E-state index < -0.39 is 5.97 Å². The molecule has 0 saturated heterocycles. The molecule has 0 amide bonds. The molecule has 0 saturated carbocycles. The molecule has 1 aromatic carbocycles. The fraction of sp³-hybridized carbons (Fsp3) is 0. The van der Waals surface area contributed by atoms with Gasteiger partial charge in [0.2, 0.25) is 0 Å². The largest absolute Gasteiger partial charge is 0.508 e. The number of hydrogen-bond acceptors (Lipinski definition) is 4. The summed E-state index contributed by atoms with van der Waals surface area (Å²) in [6.45, 7) is 0. The van der Waals surface area contributed by atoms with Crippen LogP contribution in [0.3, 0.4) is 0 Å². The number of phenols is 1. The van der Waals surface area contributed by atoms with Gasteiger partial charge in [-0.3, -0.25) is 0 Å². The van der Waals surface area contributed by atoms with Crippen LogP contribution in [0.25, 0.3) is 11.1 Å². The second-order valence-electron chi connectivity index (χ2n) is 3.51. The minimum atomic E-state index is -1.13. The van der Waals surface area contributed by atoms with Gasteiger partial charge < -0.3 is 15.9 Å². The predicted molar refractivity (Wildman–Crippen MR) is 62.7 cm³/mol. The summed E-state index contributed by atoms with van der Waals surface area (Å²) in [7, 11) is 0. The quantitative estimate of drug-likeness (QED) is 0.730. The highest BCUT2D eigenvalue weighted by molar-refractivity contribution is 5.94. The molecule has 0 unspecified atom stereocenters. The minimum Gasteiger partial charge on any atom is -0.508 e. The van der Waals surface area contributed by atoms with Crippen LogP contribution in [0.5, 0.6) is 5.75 Å². The highest BCUT2D eigenvalue weighted by Gasteiger charge is 2.10. The van der Waals surface area contributed by atoms with Gasteiger partial charge >= 0.3 is 5.97 Å². The van der Waals surface area contributed by atoms with Crippen LogP contribution in [0.2, 0.25) is 0 Å². The van der Waals surface area contributed by atoms with Crippen molar-refractivity contribution in [2.75, 3.05) is 5.73 Å². The van der Waals surface area contributed by atoms with Gasteiger partial charge in [0, 0.05) is 11.8 Å². The maximum absolute atomic E-state index is 10.9. The first kappa shape index (κ1) is 10.9. The Bertz CT molecular complexity index is 582. The van der Waals surface area contributed by atoms with Gasteiger partial charge in [0.1, 0.15) is 17.1 Å². The Labute approximate surface area is 97.2 Å². The summed E-state index contributed by atoms with van der Waals surface area (Å²) in [5.74, 6) is -1.05. The molecule has 0 radical (unpaired) electrons. The van der Waals surface area contributed by atoms with Gasteiger partial charge in [-0.1, -0.05) is 12.1 Å². The molecule has 86 valence electrons. The van der Waals surface area contributed by atoms with Crippen LogP contribution in [-0.2, 0) is 0 Å². The number of carboxylic acids is 1. The third-order valence-electron chi connectivity index (χ3n) is 2.33. The van der Waals surface area contributed by atoms with E-state index in [1.54, 1.807) is 12.1 Å². The molecule has 1 aromatic heterocycles. The van der Waals surface area contributed by atoms with Gasteiger partial charge in [-0.15, -0.1) is 0 Å². The Morgan fingerprint density at radius 2 is 2.00 bits per heavy atom. The normalized spacial score (nSPS) is 10.1. The number of phenolic OH excluding ortho intramolecular Hbond substituents is 1. The fourth-order valence-corrected chi connectivity index (χ4v) is 1.49. The van der Waals surface area contributed by atoms with Crippen molar-refractivity contribution in [2.24, 2.45) is 0 Å². The Hall–Kier alpha value is -2.56. The highest BCUT2D eigenvalue weighted by atomic mass is 16.4. The van der Waals surface area contributed by atoms with Crippen LogP contribution in [0.1, 0.15) is 10.4 Å². The molecule has 17 heavy (non-hydrogen) atoms.